The van der Waals surface area contributed by atoms with E-state index in [1.165, 1.54) is 0 Å². The van der Waals surface area contributed by atoms with Gasteiger partial charge in [-0.1, -0.05) is 6.82 Å². The molecule has 0 radical (unpaired) electrons. The molecule has 1 aliphatic rings. The van der Waals surface area contributed by atoms with E-state index in [1.807, 2.05) is 0 Å². The van der Waals surface area contributed by atoms with Gasteiger partial charge in [-0.3, -0.25) is 0 Å². The van der Waals surface area contributed by atoms with Crippen LogP contribution in [0.3, 0.4) is 0 Å². The molecule has 0 unspecified atom stereocenters. The summed E-state index contributed by atoms with van der Waals surface area (Å²) in [5.74, 6) is 0. The molecule has 0 spiro atoms. The average Bonchev–Trinajstić information content (AvgIpc) is 1.93. The zero-order valence-electron chi connectivity index (χ0n) is 12.3. The van der Waals surface area contributed by atoms with Gasteiger partial charge in [-0.25, -0.2) is 16.5 Å². The van der Waals surface area contributed by atoms with Crippen molar-refractivity contribution in [2.24, 2.45) is 0 Å². The number of hydrogen-bond acceptors (Lipinski definition) is 4. The van der Waals surface area contributed by atoms with Gasteiger partial charge < -0.3 is 0 Å². The van der Waals surface area contributed by atoms with Crippen molar-refractivity contribution < 1.29 is 0 Å². The minimum absolute atomic E-state index is 0.941. The summed E-state index contributed by atoms with van der Waals surface area (Å²) in [5, 5.41) is 0. The molecule has 1 saturated heterocycles. The van der Waals surface area contributed by atoms with Crippen LogP contribution in [-0.2, 0) is 0 Å². The number of rotatable bonds is 1. The second-order valence-corrected chi connectivity index (χ2v) is 19.1. The molecule has 9 heteroatoms. The zero-order valence-corrected chi connectivity index (χ0v) is 15.6. The largest absolute Gasteiger partial charge is 0.228 e. The molecular weight excluding hydrogens is 291 g/mol. The Morgan fingerprint density at radius 3 is 1.18 bits per heavy atom. The van der Waals surface area contributed by atoms with Gasteiger partial charge in [0.25, 0.3) is 0 Å². The Kier molecular flexibility index (Phi) is 4.82. The quantitative estimate of drug-likeness (QED) is 0.556. The van der Waals surface area contributed by atoms with Gasteiger partial charge >= 0.3 is 0 Å². The predicted molar refractivity (Wildman–Crippen MR) is 97.4 cm³/mol. The molecule has 17 heavy (non-hydrogen) atoms. The summed E-state index contributed by atoms with van der Waals surface area (Å²) >= 11 is 0. The van der Waals surface area contributed by atoms with Crippen LogP contribution in [-0.4, -0.2) is 50.3 Å². The van der Waals surface area contributed by atoms with Crippen LogP contribution in [0.1, 0.15) is 0 Å². The fourth-order valence-electron chi connectivity index (χ4n) is 2.15. The van der Waals surface area contributed by atoms with Crippen LogP contribution in [0.4, 0.5) is 0 Å². The monoisotopic (exact) mass is 320 g/mol. The van der Waals surface area contributed by atoms with Gasteiger partial charge in [0, 0.05) is 0 Å². The van der Waals surface area contributed by atoms with E-state index in [9.17, 15) is 0 Å². The van der Waals surface area contributed by atoms with E-state index in [0.717, 1.165) is 6.56 Å². The number of nitrogens with one attached hydrogen (secondary N) is 4. The first-order valence-electron chi connectivity index (χ1n) is 5.49. The molecule has 0 aromatic rings. The van der Waals surface area contributed by atoms with Crippen molar-refractivity contribution in [3.05, 3.63) is 0 Å². The van der Waals surface area contributed by atoms with E-state index in [1.54, 1.807) is 0 Å². The summed E-state index contributed by atoms with van der Waals surface area (Å²) < 4.78 is 15.4. The molecule has 108 valence electrons. The average molecular weight is 320 g/mol. The summed E-state index contributed by atoms with van der Waals surface area (Å²) in [7, 11) is -3.81. The molecule has 4 N–H and O–H groups in total. The fraction of sp³-hybridized carbons (Fsp3) is 1.00. The highest BCUT2D eigenvalue weighted by Gasteiger charge is 2.34. The van der Waals surface area contributed by atoms with Crippen LogP contribution in [0.25, 0.3) is 0 Å². The maximum atomic E-state index is 3.88. The van der Waals surface area contributed by atoms with Crippen LogP contribution < -0.4 is 16.5 Å². The Morgan fingerprint density at radius 1 is 0.588 bits per heavy atom. The van der Waals surface area contributed by atoms with Crippen molar-refractivity contribution in [1.29, 1.82) is 0 Å². The molecule has 1 aliphatic heterocycles. The molecule has 0 atom stereocenters. The first-order chi connectivity index (χ1) is 7.39. The van der Waals surface area contributed by atoms with Crippen LogP contribution in [0, 0.1) is 0 Å². The van der Waals surface area contributed by atoms with Crippen molar-refractivity contribution in [2.45, 2.75) is 6.82 Å². The van der Waals surface area contributed by atoms with Crippen molar-refractivity contribution in [3.63, 3.8) is 0 Å². The Balaban J connectivity index is 3.02. The molecule has 0 aliphatic carbocycles. The zero-order chi connectivity index (χ0) is 13.5. The van der Waals surface area contributed by atoms with E-state index in [2.05, 4.69) is 67.1 Å². The second kappa shape index (κ2) is 5.01. The van der Waals surface area contributed by atoms with E-state index in [0.29, 0.717) is 0 Å². The third-order valence-corrected chi connectivity index (χ3v) is 16.3. The normalized spacial score (nSPS) is 37.6. The Bertz CT molecular complexity index is 275. The molecule has 1 heterocycles. The lowest BCUT2D eigenvalue weighted by Gasteiger charge is -2.60. The standard InChI is InChI=1S/C8H29BN4S4/c1-9-17(8)12-15(4,5)10-14(2,3)11-16(6,7)13-17/h9-13H,1-8H3. The molecule has 1 fully saturated rings. The van der Waals surface area contributed by atoms with Gasteiger partial charge in [-0.05, 0) is 43.8 Å². The minimum Gasteiger partial charge on any atom is -0.228 e. The topological polar surface area (TPSA) is 48.1 Å². The molecule has 0 amide bonds. The van der Waals surface area contributed by atoms with Gasteiger partial charge in [0.15, 0.2) is 0 Å². The van der Waals surface area contributed by atoms with Gasteiger partial charge in [0.2, 0.25) is 6.56 Å². The van der Waals surface area contributed by atoms with Crippen LogP contribution in [0.5, 0.6) is 0 Å². The first kappa shape index (κ1) is 16.4. The highest BCUT2D eigenvalue weighted by molar-refractivity contribution is 8.63. The van der Waals surface area contributed by atoms with Crippen LogP contribution in [0.15, 0.2) is 0 Å². The van der Waals surface area contributed by atoms with Gasteiger partial charge in [-0.15, -0.1) is 31.2 Å². The van der Waals surface area contributed by atoms with Gasteiger partial charge in [0.1, 0.15) is 0 Å². The lowest BCUT2D eigenvalue weighted by Crippen LogP contribution is -2.49. The molecule has 4 nitrogen and oxygen atoms in total. The molecule has 1 rings (SSSR count). The lowest BCUT2D eigenvalue weighted by molar-refractivity contribution is 1.36. The van der Waals surface area contributed by atoms with Gasteiger partial charge in [-0.2, -0.15) is 10.3 Å². The Hall–Kier alpha value is 1.30. The SMILES string of the molecule is CBS1(C)NS(C)(C)NS(C)(C)NS(C)(C)N1. The molecular formula is C8H29BN4S4. The molecule has 0 saturated carbocycles. The summed E-state index contributed by atoms with van der Waals surface area (Å²) in [4.78, 5) is 0. The Labute approximate surface area is 115 Å². The highest BCUT2D eigenvalue weighted by atomic mass is 32.4. The summed E-state index contributed by atoms with van der Waals surface area (Å²) in [5.41, 5.74) is 0. The van der Waals surface area contributed by atoms with Crippen molar-refractivity contribution >= 4 is 48.0 Å². The minimum atomic E-state index is -0.958. The van der Waals surface area contributed by atoms with Crippen molar-refractivity contribution in [3.8, 4) is 0 Å². The molecule has 0 bridgehead atoms. The van der Waals surface area contributed by atoms with Crippen LogP contribution >= 0.6 is 41.5 Å². The summed E-state index contributed by atoms with van der Waals surface area (Å²) in [6, 6.07) is 0. The van der Waals surface area contributed by atoms with E-state index in [-0.39, 0.29) is 0 Å². The molecule has 0 aromatic heterocycles. The van der Waals surface area contributed by atoms with Crippen LogP contribution in [0.2, 0.25) is 6.82 Å². The fourth-order valence-corrected chi connectivity index (χ4v) is 20.5. The highest BCUT2D eigenvalue weighted by Crippen LogP contribution is 2.60. The van der Waals surface area contributed by atoms with Gasteiger partial charge in [0.05, 0.1) is 0 Å². The maximum Gasteiger partial charge on any atom is 0.203 e. The molecule has 0 aromatic carbocycles. The summed E-state index contributed by atoms with van der Waals surface area (Å²) in [6.07, 6.45) is 16.2. The Morgan fingerprint density at radius 2 is 0.882 bits per heavy atom. The first-order valence-corrected chi connectivity index (χ1v) is 15.0. The van der Waals surface area contributed by atoms with E-state index < -0.39 is 41.5 Å². The second-order valence-electron chi connectivity index (χ2n) is 5.69. The predicted octanol–water partition coefficient (Wildman–Crippen LogP) is 1.70. The van der Waals surface area contributed by atoms with E-state index in [4.69, 9.17) is 0 Å². The third-order valence-electron chi connectivity index (χ3n) is 2.20. The summed E-state index contributed by atoms with van der Waals surface area (Å²) in [6.45, 7) is 3.42. The third kappa shape index (κ3) is 5.06. The number of hydrogen-bond donors (Lipinski definition) is 4. The maximum absolute atomic E-state index is 3.88. The van der Waals surface area contributed by atoms with Crippen molar-refractivity contribution in [2.75, 3.05) is 43.8 Å². The smallest absolute Gasteiger partial charge is 0.203 e. The van der Waals surface area contributed by atoms with E-state index >= 15 is 0 Å². The lowest BCUT2D eigenvalue weighted by atomic mass is 10.2. The van der Waals surface area contributed by atoms with Crippen molar-refractivity contribution in [1.82, 2.24) is 16.5 Å².